The number of hydrogen-bond acceptors (Lipinski definition) is 7. The second-order valence-electron chi connectivity index (χ2n) is 9.12. The summed E-state index contributed by atoms with van der Waals surface area (Å²) in [5, 5.41) is 2.71. The number of aryl methyl sites for hydroxylation is 1. The van der Waals surface area contributed by atoms with Gasteiger partial charge in [0.15, 0.2) is 0 Å². The molecule has 0 spiro atoms. The van der Waals surface area contributed by atoms with Crippen LogP contribution in [0.15, 0.2) is 36.4 Å². The molecule has 2 heterocycles. The van der Waals surface area contributed by atoms with E-state index in [9.17, 15) is 14.4 Å². The molecule has 0 saturated carbocycles. The van der Waals surface area contributed by atoms with Crippen LogP contribution in [0.25, 0.3) is 0 Å². The predicted octanol–water partition coefficient (Wildman–Crippen LogP) is 3.98. The van der Waals surface area contributed by atoms with Crippen LogP contribution in [0, 0.1) is 6.92 Å². The number of carbonyl (C=O) groups is 3. The smallest absolute Gasteiger partial charge is 0.407 e. The molecule has 2 amide bonds. The summed E-state index contributed by atoms with van der Waals surface area (Å²) in [6.07, 6.45) is 0.819. The molecule has 1 aromatic carbocycles. The molecular formula is C25H31N3O6. The van der Waals surface area contributed by atoms with E-state index in [2.05, 4.69) is 10.3 Å². The van der Waals surface area contributed by atoms with Gasteiger partial charge in [-0.15, -0.1) is 0 Å². The number of hydrogen-bond donors (Lipinski definition) is 1. The van der Waals surface area contributed by atoms with Crippen molar-refractivity contribution in [2.24, 2.45) is 0 Å². The first-order valence-electron chi connectivity index (χ1n) is 11.2. The highest BCUT2D eigenvalue weighted by Crippen LogP contribution is 2.25. The number of aromatic nitrogens is 1. The molecule has 2 aromatic rings. The van der Waals surface area contributed by atoms with E-state index in [0.717, 1.165) is 12.0 Å². The van der Waals surface area contributed by atoms with Crippen LogP contribution in [0.5, 0.6) is 11.6 Å². The number of nitrogens with one attached hydrogen (secondary N) is 1. The van der Waals surface area contributed by atoms with Gasteiger partial charge >= 0.3 is 12.1 Å². The quantitative estimate of drug-likeness (QED) is 0.638. The van der Waals surface area contributed by atoms with Crippen LogP contribution >= 0.6 is 0 Å². The van der Waals surface area contributed by atoms with E-state index in [1.54, 1.807) is 51.1 Å². The first kappa shape index (κ1) is 25.0. The number of amides is 2. The molecule has 0 unspecified atom stereocenters. The summed E-state index contributed by atoms with van der Waals surface area (Å²) in [6.45, 7) is 7.96. The zero-order chi connectivity index (χ0) is 24.9. The number of pyridine rings is 1. The van der Waals surface area contributed by atoms with Gasteiger partial charge in [0.1, 0.15) is 17.4 Å². The highest BCUT2D eigenvalue weighted by atomic mass is 16.6. The van der Waals surface area contributed by atoms with E-state index < -0.39 is 23.7 Å². The van der Waals surface area contributed by atoms with Crippen molar-refractivity contribution < 1.29 is 28.6 Å². The van der Waals surface area contributed by atoms with Gasteiger partial charge in [-0.25, -0.2) is 14.6 Å². The molecule has 0 radical (unpaired) electrons. The standard InChI is InChI=1S/C25H31N3O6/c1-16-12-17(15-26-24(31)34-25(2,3)4)13-21(27-16)33-19-9-6-8-18(14-19)22(29)28-11-7-10-20(28)23(30)32-5/h6,8-9,12-14,20H,7,10-11,15H2,1-5H3,(H,26,31)/t20-/m0/s1. The van der Waals surface area contributed by atoms with Crippen LogP contribution in [0.2, 0.25) is 0 Å². The number of nitrogens with zero attached hydrogens (tertiary/aromatic N) is 2. The Bertz CT molecular complexity index is 1060. The van der Waals surface area contributed by atoms with Crippen molar-refractivity contribution in [3.05, 3.63) is 53.2 Å². The van der Waals surface area contributed by atoms with E-state index in [1.165, 1.54) is 12.0 Å². The number of methoxy groups -OCH3 is 1. The number of likely N-dealkylation sites (tertiary alicyclic amines) is 1. The maximum atomic E-state index is 13.0. The number of benzene rings is 1. The van der Waals surface area contributed by atoms with E-state index in [1.807, 2.05) is 13.0 Å². The molecule has 182 valence electrons. The Morgan fingerprint density at radius 1 is 1.18 bits per heavy atom. The Labute approximate surface area is 199 Å². The number of alkyl carbamates (subject to hydrolysis) is 1. The highest BCUT2D eigenvalue weighted by Gasteiger charge is 2.35. The lowest BCUT2D eigenvalue weighted by Crippen LogP contribution is -2.41. The molecule has 0 bridgehead atoms. The molecule has 9 nitrogen and oxygen atoms in total. The fraction of sp³-hybridized carbons (Fsp3) is 0.440. The minimum absolute atomic E-state index is 0.247. The van der Waals surface area contributed by atoms with Gasteiger partial charge in [0.05, 0.1) is 7.11 Å². The Balaban J connectivity index is 1.70. The Morgan fingerprint density at radius 2 is 1.94 bits per heavy atom. The number of ether oxygens (including phenoxy) is 3. The molecule has 0 aliphatic carbocycles. The Morgan fingerprint density at radius 3 is 2.65 bits per heavy atom. The number of esters is 1. The second kappa shape index (κ2) is 10.5. The van der Waals surface area contributed by atoms with Crippen LogP contribution in [0.3, 0.4) is 0 Å². The van der Waals surface area contributed by atoms with E-state index in [4.69, 9.17) is 14.2 Å². The first-order valence-corrected chi connectivity index (χ1v) is 11.2. The van der Waals surface area contributed by atoms with Crippen molar-refractivity contribution in [3.63, 3.8) is 0 Å². The van der Waals surface area contributed by atoms with Crippen LogP contribution in [0.1, 0.15) is 55.2 Å². The number of rotatable bonds is 6. The van der Waals surface area contributed by atoms with Crippen molar-refractivity contribution in [2.75, 3.05) is 13.7 Å². The minimum atomic E-state index is -0.582. The molecule has 1 aliphatic rings. The normalized spacial score (nSPS) is 15.6. The van der Waals surface area contributed by atoms with Gasteiger partial charge in [-0.1, -0.05) is 6.07 Å². The SMILES string of the molecule is COC(=O)[C@@H]1CCCN1C(=O)c1cccc(Oc2cc(CNC(=O)OC(C)(C)C)cc(C)n2)c1. The fourth-order valence-corrected chi connectivity index (χ4v) is 3.72. The van der Waals surface area contributed by atoms with Gasteiger partial charge in [0, 0.05) is 30.4 Å². The summed E-state index contributed by atoms with van der Waals surface area (Å²) in [4.78, 5) is 42.9. The Hall–Kier alpha value is -3.62. The van der Waals surface area contributed by atoms with Gasteiger partial charge in [0.2, 0.25) is 5.88 Å². The van der Waals surface area contributed by atoms with Crippen molar-refractivity contribution in [2.45, 2.75) is 58.7 Å². The summed E-state index contributed by atoms with van der Waals surface area (Å²) < 4.78 is 16.0. The maximum Gasteiger partial charge on any atom is 0.407 e. The van der Waals surface area contributed by atoms with Gasteiger partial charge in [-0.3, -0.25) is 4.79 Å². The van der Waals surface area contributed by atoms with Crippen molar-refractivity contribution >= 4 is 18.0 Å². The van der Waals surface area contributed by atoms with Crippen molar-refractivity contribution in [1.82, 2.24) is 15.2 Å². The zero-order valence-electron chi connectivity index (χ0n) is 20.2. The lowest BCUT2D eigenvalue weighted by atomic mass is 10.1. The van der Waals surface area contributed by atoms with Crippen LogP contribution < -0.4 is 10.1 Å². The molecule has 34 heavy (non-hydrogen) atoms. The molecule has 1 N–H and O–H groups in total. The molecule has 3 rings (SSSR count). The van der Waals surface area contributed by atoms with Crippen molar-refractivity contribution in [3.8, 4) is 11.6 Å². The molecule has 1 fully saturated rings. The minimum Gasteiger partial charge on any atom is -0.467 e. The third kappa shape index (κ3) is 6.69. The summed E-state index contributed by atoms with van der Waals surface area (Å²) in [6, 6.07) is 9.73. The maximum absolute atomic E-state index is 13.0. The zero-order valence-corrected chi connectivity index (χ0v) is 20.2. The third-order valence-corrected chi connectivity index (χ3v) is 5.12. The van der Waals surface area contributed by atoms with Crippen LogP contribution in [-0.2, 0) is 20.8 Å². The van der Waals surface area contributed by atoms with Crippen molar-refractivity contribution in [1.29, 1.82) is 0 Å². The molecule has 1 saturated heterocycles. The van der Waals surface area contributed by atoms with Gasteiger partial charge in [-0.2, -0.15) is 0 Å². The summed E-state index contributed by atoms with van der Waals surface area (Å²) in [5.74, 6) is 0.107. The number of carbonyl (C=O) groups excluding carboxylic acids is 3. The van der Waals surface area contributed by atoms with E-state index in [-0.39, 0.29) is 12.5 Å². The Kier molecular flexibility index (Phi) is 7.75. The lowest BCUT2D eigenvalue weighted by Gasteiger charge is -2.22. The van der Waals surface area contributed by atoms with E-state index in [0.29, 0.717) is 35.9 Å². The molecule has 9 heteroatoms. The third-order valence-electron chi connectivity index (χ3n) is 5.12. The highest BCUT2D eigenvalue weighted by molar-refractivity contribution is 5.97. The molecule has 1 atom stereocenters. The van der Waals surface area contributed by atoms with Gasteiger partial charge < -0.3 is 24.4 Å². The van der Waals surface area contributed by atoms with E-state index >= 15 is 0 Å². The summed E-state index contributed by atoms with van der Waals surface area (Å²) in [7, 11) is 1.32. The predicted molar refractivity (Wildman–Crippen MR) is 125 cm³/mol. The molecule has 1 aliphatic heterocycles. The second-order valence-corrected chi connectivity index (χ2v) is 9.12. The molecule has 1 aromatic heterocycles. The average Bonchev–Trinajstić information content (AvgIpc) is 3.25. The lowest BCUT2D eigenvalue weighted by molar-refractivity contribution is -0.145. The summed E-state index contributed by atoms with van der Waals surface area (Å²) in [5.41, 5.74) is 1.33. The van der Waals surface area contributed by atoms with Gasteiger partial charge in [-0.05, 0) is 70.4 Å². The fourth-order valence-electron chi connectivity index (χ4n) is 3.72. The molecular weight excluding hydrogens is 438 g/mol. The van der Waals surface area contributed by atoms with Crippen LogP contribution in [0.4, 0.5) is 4.79 Å². The monoisotopic (exact) mass is 469 g/mol. The average molecular weight is 470 g/mol. The van der Waals surface area contributed by atoms with Gasteiger partial charge in [0.25, 0.3) is 5.91 Å². The first-order chi connectivity index (χ1) is 16.1. The van der Waals surface area contributed by atoms with Crippen LogP contribution in [-0.4, -0.2) is 53.2 Å². The topological polar surface area (TPSA) is 107 Å². The largest absolute Gasteiger partial charge is 0.467 e. The summed E-state index contributed by atoms with van der Waals surface area (Å²) >= 11 is 0.